The first-order chi connectivity index (χ1) is 10.6. The van der Waals surface area contributed by atoms with Crippen molar-refractivity contribution in [2.75, 3.05) is 6.61 Å². The Morgan fingerprint density at radius 3 is 2.95 bits per heavy atom. The minimum absolute atomic E-state index is 0.0506. The summed E-state index contributed by atoms with van der Waals surface area (Å²) in [5.41, 5.74) is 7.50. The van der Waals surface area contributed by atoms with E-state index in [2.05, 4.69) is 10.3 Å². The number of hydrogen-bond donors (Lipinski definition) is 4. The Morgan fingerprint density at radius 2 is 2.23 bits per heavy atom. The largest absolute Gasteiger partial charge is 0.396 e. The van der Waals surface area contributed by atoms with Gasteiger partial charge in [0, 0.05) is 34.6 Å². The van der Waals surface area contributed by atoms with E-state index >= 15 is 0 Å². The Labute approximate surface area is 133 Å². The van der Waals surface area contributed by atoms with Crippen LogP contribution in [0.4, 0.5) is 0 Å². The molecular weight excluding hydrogens is 302 g/mol. The molecular formula is C16H20ClN3O2. The molecule has 0 unspecified atom stereocenters. The maximum atomic E-state index is 12.4. The number of aromatic nitrogens is 1. The number of rotatable bonds is 3. The van der Waals surface area contributed by atoms with Gasteiger partial charge in [-0.05, 0) is 49.4 Å². The van der Waals surface area contributed by atoms with Gasteiger partial charge in [0.05, 0.1) is 0 Å². The summed E-state index contributed by atoms with van der Waals surface area (Å²) in [7, 11) is 0. The van der Waals surface area contributed by atoms with Gasteiger partial charge >= 0.3 is 0 Å². The molecule has 0 aliphatic heterocycles. The zero-order valence-electron chi connectivity index (χ0n) is 12.2. The van der Waals surface area contributed by atoms with Crippen LogP contribution in [-0.2, 0) is 0 Å². The standard InChI is InChI=1S/C16H20ClN3O2/c17-11-2-4-13-10(6-11)7-15(19-13)16(22)20-14-3-1-9(8-21)5-12(14)18/h2,4,6-7,9,12,14,19,21H,1,3,5,8,18H2,(H,20,22)/t9-,12+,14-/m0/s1. The fourth-order valence-corrected chi connectivity index (χ4v) is 3.29. The summed E-state index contributed by atoms with van der Waals surface area (Å²) in [6, 6.07) is 7.09. The van der Waals surface area contributed by atoms with E-state index in [1.54, 1.807) is 12.1 Å². The Balaban J connectivity index is 1.70. The van der Waals surface area contributed by atoms with Crippen LogP contribution in [0.2, 0.25) is 5.02 Å². The highest BCUT2D eigenvalue weighted by atomic mass is 35.5. The van der Waals surface area contributed by atoms with Crippen molar-refractivity contribution >= 4 is 28.4 Å². The zero-order valence-corrected chi connectivity index (χ0v) is 12.9. The molecule has 1 fully saturated rings. The first kappa shape index (κ1) is 15.3. The highest BCUT2D eigenvalue weighted by Crippen LogP contribution is 2.24. The summed E-state index contributed by atoms with van der Waals surface area (Å²) in [5.74, 6) is 0.0913. The van der Waals surface area contributed by atoms with Gasteiger partial charge in [0.15, 0.2) is 0 Å². The SMILES string of the molecule is N[C@@H]1C[C@@H](CO)CC[C@@H]1NC(=O)c1cc2cc(Cl)ccc2[nH]1. The summed E-state index contributed by atoms with van der Waals surface area (Å²) in [4.78, 5) is 15.5. The summed E-state index contributed by atoms with van der Waals surface area (Å²) in [6.45, 7) is 0.164. The van der Waals surface area contributed by atoms with Crippen molar-refractivity contribution in [3.05, 3.63) is 35.0 Å². The van der Waals surface area contributed by atoms with Crippen molar-refractivity contribution in [2.45, 2.75) is 31.3 Å². The van der Waals surface area contributed by atoms with E-state index in [4.69, 9.17) is 17.3 Å². The molecule has 1 aromatic carbocycles. The third-order valence-corrected chi connectivity index (χ3v) is 4.65. The minimum atomic E-state index is -0.157. The number of carbonyl (C=O) groups excluding carboxylic acids is 1. The van der Waals surface area contributed by atoms with Crippen LogP contribution >= 0.6 is 11.6 Å². The average molecular weight is 322 g/mol. The summed E-state index contributed by atoms with van der Waals surface area (Å²) < 4.78 is 0. The molecule has 3 rings (SSSR count). The first-order valence-electron chi connectivity index (χ1n) is 7.52. The zero-order chi connectivity index (χ0) is 15.7. The molecule has 0 saturated heterocycles. The molecule has 1 heterocycles. The molecule has 1 amide bonds. The number of hydrogen-bond acceptors (Lipinski definition) is 3. The van der Waals surface area contributed by atoms with E-state index in [9.17, 15) is 9.90 Å². The fraction of sp³-hybridized carbons (Fsp3) is 0.438. The summed E-state index contributed by atoms with van der Waals surface area (Å²) in [5, 5.41) is 13.7. The third kappa shape index (κ3) is 3.11. The van der Waals surface area contributed by atoms with Crippen LogP contribution in [0.5, 0.6) is 0 Å². The summed E-state index contributed by atoms with van der Waals surface area (Å²) >= 11 is 5.96. The lowest BCUT2D eigenvalue weighted by Gasteiger charge is -2.33. The molecule has 0 spiro atoms. The number of nitrogens with two attached hydrogens (primary N) is 1. The lowest BCUT2D eigenvalue weighted by atomic mass is 9.83. The summed E-state index contributed by atoms with van der Waals surface area (Å²) in [6.07, 6.45) is 2.42. The van der Waals surface area contributed by atoms with Crippen LogP contribution in [0.25, 0.3) is 10.9 Å². The lowest BCUT2D eigenvalue weighted by Crippen LogP contribution is -2.51. The first-order valence-corrected chi connectivity index (χ1v) is 7.90. The highest BCUT2D eigenvalue weighted by molar-refractivity contribution is 6.31. The van der Waals surface area contributed by atoms with Gasteiger partial charge in [-0.25, -0.2) is 0 Å². The maximum Gasteiger partial charge on any atom is 0.268 e. The number of benzene rings is 1. The number of aliphatic hydroxyl groups is 1. The van der Waals surface area contributed by atoms with Gasteiger partial charge in [-0.3, -0.25) is 4.79 Å². The van der Waals surface area contributed by atoms with Crippen LogP contribution in [-0.4, -0.2) is 34.7 Å². The fourth-order valence-electron chi connectivity index (χ4n) is 3.11. The molecule has 5 nitrogen and oxygen atoms in total. The predicted octanol–water partition coefficient (Wildman–Crippen LogP) is 2.04. The van der Waals surface area contributed by atoms with Crippen LogP contribution in [0.3, 0.4) is 0 Å². The van der Waals surface area contributed by atoms with Gasteiger partial charge in [-0.1, -0.05) is 11.6 Å². The molecule has 118 valence electrons. The molecule has 3 atom stereocenters. The highest BCUT2D eigenvalue weighted by Gasteiger charge is 2.29. The molecule has 1 saturated carbocycles. The molecule has 1 aliphatic carbocycles. The predicted molar refractivity (Wildman–Crippen MR) is 87.0 cm³/mol. The second-order valence-corrected chi connectivity index (χ2v) is 6.46. The number of aliphatic hydroxyl groups excluding tert-OH is 1. The Morgan fingerprint density at radius 1 is 1.41 bits per heavy atom. The number of halogens is 1. The monoisotopic (exact) mass is 321 g/mol. The maximum absolute atomic E-state index is 12.4. The Hall–Kier alpha value is -1.56. The van der Waals surface area contributed by atoms with Crippen molar-refractivity contribution in [3.63, 3.8) is 0 Å². The quantitative estimate of drug-likeness (QED) is 0.697. The van der Waals surface area contributed by atoms with Crippen LogP contribution in [0, 0.1) is 5.92 Å². The van der Waals surface area contributed by atoms with Gasteiger partial charge in [0.2, 0.25) is 0 Å². The molecule has 6 heteroatoms. The van der Waals surface area contributed by atoms with E-state index in [0.29, 0.717) is 10.7 Å². The van der Waals surface area contributed by atoms with Gasteiger partial charge in [0.1, 0.15) is 5.69 Å². The minimum Gasteiger partial charge on any atom is -0.396 e. The van der Waals surface area contributed by atoms with E-state index in [1.165, 1.54) is 0 Å². The molecule has 1 aliphatic rings. The molecule has 22 heavy (non-hydrogen) atoms. The van der Waals surface area contributed by atoms with Crippen molar-refractivity contribution in [1.29, 1.82) is 0 Å². The smallest absolute Gasteiger partial charge is 0.268 e. The molecule has 5 N–H and O–H groups in total. The van der Waals surface area contributed by atoms with Crippen LogP contribution < -0.4 is 11.1 Å². The molecule has 1 aromatic heterocycles. The number of H-pyrrole nitrogens is 1. The molecule has 0 radical (unpaired) electrons. The number of fused-ring (bicyclic) bond motifs is 1. The van der Waals surface area contributed by atoms with Gasteiger partial charge < -0.3 is 21.1 Å². The number of nitrogens with one attached hydrogen (secondary N) is 2. The van der Waals surface area contributed by atoms with Crippen molar-refractivity contribution < 1.29 is 9.90 Å². The topological polar surface area (TPSA) is 91.1 Å². The van der Waals surface area contributed by atoms with Gasteiger partial charge in [-0.2, -0.15) is 0 Å². The average Bonchev–Trinajstić information content (AvgIpc) is 2.92. The van der Waals surface area contributed by atoms with Crippen molar-refractivity contribution in [2.24, 2.45) is 11.7 Å². The number of amides is 1. The second-order valence-electron chi connectivity index (χ2n) is 6.02. The Bertz CT molecular complexity index is 685. The lowest BCUT2D eigenvalue weighted by molar-refractivity contribution is 0.0897. The van der Waals surface area contributed by atoms with E-state index in [0.717, 1.165) is 30.2 Å². The van der Waals surface area contributed by atoms with Crippen molar-refractivity contribution in [1.82, 2.24) is 10.3 Å². The van der Waals surface area contributed by atoms with Crippen LogP contribution in [0.15, 0.2) is 24.3 Å². The molecule has 0 bridgehead atoms. The second kappa shape index (κ2) is 6.28. The Kier molecular flexibility index (Phi) is 4.38. The third-order valence-electron chi connectivity index (χ3n) is 4.41. The molecule has 2 aromatic rings. The normalized spacial score (nSPS) is 25.3. The number of carbonyl (C=O) groups is 1. The van der Waals surface area contributed by atoms with Crippen LogP contribution in [0.1, 0.15) is 29.8 Å². The number of aromatic amines is 1. The van der Waals surface area contributed by atoms with Crippen molar-refractivity contribution in [3.8, 4) is 0 Å². The van der Waals surface area contributed by atoms with Gasteiger partial charge in [0.25, 0.3) is 5.91 Å². The van der Waals surface area contributed by atoms with E-state index in [1.807, 2.05) is 12.1 Å². The van der Waals surface area contributed by atoms with E-state index in [-0.39, 0.29) is 30.5 Å². The van der Waals surface area contributed by atoms with E-state index < -0.39 is 0 Å². The van der Waals surface area contributed by atoms with Gasteiger partial charge in [-0.15, -0.1) is 0 Å².